The van der Waals surface area contributed by atoms with Gasteiger partial charge >= 0.3 is 0 Å². The van der Waals surface area contributed by atoms with Crippen LogP contribution in [0.5, 0.6) is 0 Å². The summed E-state index contributed by atoms with van der Waals surface area (Å²) in [6.45, 7) is 1.66. The highest BCUT2D eigenvalue weighted by molar-refractivity contribution is 4.94. The number of rotatable bonds is 5. The molecule has 11 heavy (non-hydrogen) atoms. The van der Waals surface area contributed by atoms with Crippen LogP contribution in [0.25, 0.3) is 0 Å². The predicted molar refractivity (Wildman–Crippen MR) is 35.1 cm³/mol. The molecule has 0 bridgehead atoms. The first-order chi connectivity index (χ1) is 5.07. The molecule has 0 aromatic rings. The molecule has 2 nitrogen and oxygen atoms in total. The Morgan fingerprint density at radius 2 is 2.09 bits per heavy atom. The van der Waals surface area contributed by atoms with E-state index in [0.29, 0.717) is 0 Å². The topological polar surface area (TPSA) is 32.3 Å². The van der Waals surface area contributed by atoms with Crippen LogP contribution in [-0.4, -0.2) is 30.7 Å². The third-order valence-electron chi connectivity index (χ3n) is 1.08. The van der Waals surface area contributed by atoms with Crippen molar-refractivity contribution in [3.63, 3.8) is 0 Å². The normalized spacial score (nSPS) is 13.5. The third kappa shape index (κ3) is 4.80. The van der Waals surface area contributed by atoms with E-state index in [9.17, 15) is 13.2 Å². The van der Waals surface area contributed by atoms with Crippen molar-refractivity contribution in [2.75, 3.05) is 13.2 Å². The highest BCUT2D eigenvalue weighted by atomic mass is 19.3. The molecule has 0 aliphatic rings. The fourth-order valence-corrected chi connectivity index (χ4v) is 0.506. The molecule has 0 aromatic heterocycles. The van der Waals surface area contributed by atoms with Crippen LogP contribution in [0.15, 0.2) is 12.4 Å². The lowest BCUT2D eigenvalue weighted by atomic mass is 10.3. The van der Waals surface area contributed by atoms with Gasteiger partial charge in [-0.25, -0.2) is 13.2 Å². The van der Waals surface area contributed by atoms with Crippen LogP contribution in [0.4, 0.5) is 13.2 Å². The van der Waals surface area contributed by atoms with Crippen LogP contribution in [0.3, 0.4) is 0 Å². The smallest absolute Gasteiger partial charge is 0.250 e. The first-order valence-corrected chi connectivity index (χ1v) is 3.04. The van der Waals surface area contributed by atoms with Gasteiger partial charge in [0, 0.05) is 0 Å². The highest BCUT2D eigenvalue weighted by Crippen LogP contribution is 2.00. The third-order valence-corrected chi connectivity index (χ3v) is 1.08. The monoisotopic (exact) mass is 169 g/mol. The Bertz CT molecular complexity index is 129. The van der Waals surface area contributed by atoms with Gasteiger partial charge in [-0.3, -0.25) is 0 Å². The maximum Gasteiger partial charge on any atom is 0.250 e. The van der Waals surface area contributed by atoms with Crippen molar-refractivity contribution < 1.29 is 18.3 Å². The molecule has 0 rings (SSSR count). The summed E-state index contributed by atoms with van der Waals surface area (Å²) in [5, 5.41) is 10.5. The van der Waals surface area contributed by atoms with Gasteiger partial charge in [0.25, 0.3) is 6.43 Å². The summed E-state index contributed by atoms with van der Waals surface area (Å²) in [6.07, 6.45) is -2.55. The van der Waals surface area contributed by atoms with Crippen molar-refractivity contribution in [3.05, 3.63) is 12.4 Å². The number of nitrogens with one attached hydrogen (secondary N) is 1. The van der Waals surface area contributed by atoms with Crippen molar-refractivity contribution in [2.45, 2.75) is 12.5 Å². The summed E-state index contributed by atoms with van der Waals surface area (Å²) in [4.78, 5) is 0. The van der Waals surface area contributed by atoms with Crippen molar-refractivity contribution in [1.29, 1.82) is 0 Å². The van der Waals surface area contributed by atoms with E-state index in [-0.39, 0.29) is 0 Å². The Kier molecular flexibility index (Phi) is 4.89. The molecular formula is C6H10F3NO. The molecule has 2 N–H and O–H groups in total. The molecule has 0 fully saturated rings. The van der Waals surface area contributed by atoms with Gasteiger partial charge < -0.3 is 10.4 Å². The van der Waals surface area contributed by atoms with Crippen LogP contribution in [-0.2, 0) is 0 Å². The van der Waals surface area contributed by atoms with Gasteiger partial charge in [-0.15, -0.1) is 0 Å². The molecule has 0 heterocycles. The van der Waals surface area contributed by atoms with E-state index in [0.717, 1.165) is 0 Å². The summed E-state index contributed by atoms with van der Waals surface area (Å²) in [7, 11) is 0. The highest BCUT2D eigenvalue weighted by Gasteiger charge is 2.12. The molecule has 0 aromatic carbocycles. The fraction of sp³-hybridized carbons (Fsp3) is 0.667. The van der Waals surface area contributed by atoms with Crippen molar-refractivity contribution in [1.82, 2.24) is 5.32 Å². The largest absolute Gasteiger partial charge is 0.394 e. The summed E-state index contributed by atoms with van der Waals surface area (Å²) >= 11 is 0. The van der Waals surface area contributed by atoms with Crippen molar-refractivity contribution >= 4 is 0 Å². The summed E-state index contributed by atoms with van der Waals surface area (Å²) < 4.78 is 35.2. The Morgan fingerprint density at radius 3 is 2.36 bits per heavy atom. The van der Waals surface area contributed by atoms with Crippen LogP contribution in [0, 0.1) is 0 Å². The van der Waals surface area contributed by atoms with E-state index >= 15 is 0 Å². The number of alkyl halides is 2. The fourth-order valence-electron chi connectivity index (χ4n) is 0.506. The Labute approximate surface area is 62.7 Å². The minimum atomic E-state index is -2.55. The zero-order valence-corrected chi connectivity index (χ0v) is 5.86. The molecule has 0 amide bonds. The molecule has 0 aliphatic heterocycles. The minimum absolute atomic E-state index is 0.567. The SMILES string of the molecule is C=C(F)C(CO)NCC(F)F. The summed E-state index contributed by atoms with van der Waals surface area (Å²) in [5.74, 6) is -0.840. The zero-order chi connectivity index (χ0) is 8.85. The number of aliphatic hydroxyl groups is 1. The molecule has 0 radical (unpaired) electrons. The maximum absolute atomic E-state index is 12.2. The molecule has 5 heteroatoms. The van der Waals surface area contributed by atoms with Crippen molar-refractivity contribution in [3.8, 4) is 0 Å². The number of hydrogen-bond acceptors (Lipinski definition) is 2. The van der Waals surface area contributed by atoms with E-state index in [4.69, 9.17) is 5.11 Å². The number of hydrogen-bond donors (Lipinski definition) is 2. The Hall–Kier alpha value is -0.550. The molecular weight excluding hydrogens is 159 g/mol. The van der Waals surface area contributed by atoms with E-state index in [1.165, 1.54) is 0 Å². The second-order valence-corrected chi connectivity index (χ2v) is 1.98. The van der Waals surface area contributed by atoms with Gasteiger partial charge in [0.2, 0.25) is 0 Å². The predicted octanol–water partition coefficient (Wildman–Crippen LogP) is 0.685. The average molecular weight is 169 g/mol. The first kappa shape index (κ1) is 10.4. The standard InChI is InChI=1S/C6H10F3NO/c1-4(7)5(3-11)10-2-6(8)9/h5-6,10-11H,1-3H2. The lowest BCUT2D eigenvalue weighted by Crippen LogP contribution is -2.36. The van der Waals surface area contributed by atoms with Gasteiger partial charge in [0.1, 0.15) is 5.83 Å². The Morgan fingerprint density at radius 1 is 1.55 bits per heavy atom. The van der Waals surface area contributed by atoms with Crippen LogP contribution < -0.4 is 5.32 Å². The molecule has 1 unspecified atom stereocenters. The van der Waals surface area contributed by atoms with Gasteiger partial charge in [-0.05, 0) is 0 Å². The minimum Gasteiger partial charge on any atom is -0.394 e. The zero-order valence-electron chi connectivity index (χ0n) is 5.86. The molecule has 0 spiro atoms. The molecule has 0 saturated heterocycles. The summed E-state index contributed by atoms with van der Waals surface area (Å²) in [6, 6.07) is -1.08. The number of halogens is 3. The average Bonchev–Trinajstić information content (AvgIpc) is 1.87. The quantitative estimate of drug-likeness (QED) is 0.634. The molecule has 66 valence electrons. The molecule has 0 aliphatic carbocycles. The first-order valence-electron chi connectivity index (χ1n) is 3.04. The molecule has 1 atom stereocenters. The van der Waals surface area contributed by atoms with Crippen LogP contribution >= 0.6 is 0 Å². The van der Waals surface area contributed by atoms with Crippen LogP contribution in [0.1, 0.15) is 0 Å². The van der Waals surface area contributed by atoms with Gasteiger partial charge in [-0.1, -0.05) is 6.58 Å². The lowest BCUT2D eigenvalue weighted by Gasteiger charge is -2.12. The van der Waals surface area contributed by atoms with E-state index in [2.05, 4.69) is 11.9 Å². The molecule has 0 saturated carbocycles. The lowest BCUT2D eigenvalue weighted by molar-refractivity contribution is 0.134. The van der Waals surface area contributed by atoms with E-state index in [1.54, 1.807) is 0 Å². The van der Waals surface area contributed by atoms with E-state index < -0.39 is 31.4 Å². The van der Waals surface area contributed by atoms with E-state index in [1.807, 2.05) is 0 Å². The summed E-state index contributed by atoms with van der Waals surface area (Å²) in [5.41, 5.74) is 0. The van der Waals surface area contributed by atoms with Gasteiger partial charge in [-0.2, -0.15) is 0 Å². The Balaban J connectivity index is 3.61. The van der Waals surface area contributed by atoms with Crippen LogP contribution in [0.2, 0.25) is 0 Å². The van der Waals surface area contributed by atoms with Crippen molar-refractivity contribution in [2.24, 2.45) is 0 Å². The van der Waals surface area contributed by atoms with Gasteiger partial charge in [0.05, 0.1) is 19.2 Å². The second kappa shape index (κ2) is 5.15. The second-order valence-electron chi connectivity index (χ2n) is 1.98. The maximum atomic E-state index is 12.2. The van der Waals surface area contributed by atoms with Gasteiger partial charge in [0.15, 0.2) is 0 Å². The number of aliphatic hydroxyl groups excluding tert-OH is 1.